The SMILES string of the molecule is Cc1c(O)[nH]c(O)c1C(=O)[C@@H](N)CC(C)C. The van der Waals surface area contributed by atoms with Crippen LogP contribution in [0.5, 0.6) is 11.8 Å². The molecule has 0 unspecified atom stereocenters. The van der Waals surface area contributed by atoms with E-state index in [1.807, 2.05) is 13.8 Å². The summed E-state index contributed by atoms with van der Waals surface area (Å²) in [7, 11) is 0. The van der Waals surface area contributed by atoms with E-state index < -0.39 is 6.04 Å². The number of nitrogens with one attached hydrogen (secondary N) is 1. The molecule has 5 heteroatoms. The summed E-state index contributed by atoms with van der Waals surface area (Å²) in [4.78, 5) is 14.2. The Morgan fingerprint density at radius 3 is 2.31 bits per heavy atom. The monoisotopic (exact) mass is 226 g/mol. The van der Waals surface area contributed by atoms with Gasteiger partial charge in [0.05, 0.1) is 11.6 Å². The first-order chi connectivity index (χ1) is 7.34. The molecule has 16 heavy (non-hydrogen) atoms. The Hall–Kier alpha value is -1.49. The van der Waals surface area contributed by atoms with Crippen LogP contribution in [-0.2, 0) is 0 Å². The fourth-order valence-electron chi connectivity index (χ4n) is 1.67. The molecule has 1 rings (SSSR count). The first kappa shape index (κ1) is 12.6. The first-order valence-electron chi connectivity index (χ1n) is 5.24. The molecule has 0 fully saturated rings. The van der Waals surface area contributed by atoms with Crippen LogP contribution < -0.4 is 5.73 Å². The summed E-state index contributed by atoms with van der Waals surface area (Å²) in [6.07, 6.45) is 0.545. The second-order valence-corrected chi connectivity index (χ2v) is 4.42. The van der Waals surface area contributed by atoms with Gasteiger partial charge in [0, 0.05) is 5.56 Å². The number of carbonyl (C=O) groups excluding carboxylic acids is 1. The molecule has 1 aromatic heterocycles. The van der Waals surface area contributed by atoms with Gasteiger partial charge in [0.2, 0.25) is 5.88 Å². The van der Waals surface area contributed by atoms with E-state index in [2.05, 4.69) is 4.98 Å². The van der Waals surface area contributed by atoms with Gasteiger partial charge in [0.1, 0.15) is 0 Å². The maximum Gasteiger partial charge on any atom is 0.202 e. The predicted molar refractivity (Wildman–Crippen MR) is 60.6 cm³/mol. The third-order valence-electron chi connectivity index (χ3n) is 2.51. The van der Waals surface area contributed by atoms with E-state index in [0.717, 1.165) is 0 Å². The number of carbonyl (C=O) groups is 1. The van der Waals surface area contributed by atoms with Gasteiger partial charge in [-0.1, -0.05) is 13.8 Å². The molecular weight excluding hydrogens is 208 g/mol. The number of hydrogen-bond donors (Lipinski definition) is 4. The van der Waals surface area contributed by atoms with Crippen LogP contribution in [0, 0.1) is 12.8 Å². The summed E-state index contributed by atoms with van der Waals surface area (Å²) in [6, 6.07) is -0.653. The predicted octanol–water partition coefficient (Wildman–Crippen LogP) is 1.29. The number of rotatable bonds is 4. The zero-order valence-corrected chi connectivity index (χ0v) is 9.74. The van der Waals surface area contributed by atoms with Crippen molar-refractivity contribution < 1.29 is 15.0 Å². The van der Waals surface area contributed by atoms with Crippen molar-refractivity contribution in [2.24, 2.45) is 11.7 Å². The number of hydrogen-bond acceptors (Lipinski definition) is 4. The zero-order chi connectivity index (χ0) is 12.5. The lowest BCUT2D eigenvalue weighted by Gasteiger charge is -2.12. The van der Waals surface area contributed by atoms with Crippen LogP contribution in [0.1, 0.15) is 36.2 Å². The maximum atomic E-state index is 11.9. The Morgan fingerprint density at radius 2 is 1.94 bits per heavy atom. The highest BCUT2D eigenvalue weighted by atomic mass is 16.3. The molecule has 0 bridgehead atoms. The van der Waals surface area contributed by atoms with Gasteiger partial charge in [-0.2, -0.15) is 0 Å². The van der Waals surface area contributed by atoms with Crippen LogP contribution in [0.25, 0.3) is 0 Å². The molecule has 0 aliphatic rings. The average molecular weight is 226 g/mol. The number of Topliss-reactive ketones (excluding diaryl/α,β-unsaturated/α-hetero) is 1. The van der Waals surface area contributed by atoms with E-state index in [1.54, 1.807) is 6.92 Å². The zero-order valence-electron chi connectivity index (χ0n) is 9.74. The summed E-state index contributed by atoms with van der Waals surface area (Å²) in [5, 5.41) is 18.8. The van der Waals surface area contributed by atoms with Crippen molar-refractivity contribution >= 4 is 5.78 Å². The summed E-state index contributed by atoms with van der Waals surface area (Å²) < 4.78 is 0. The van der Waals surface area contributed by atoms with Crippen molar-refractivity contribution in [1.29, 1.82) is 0 Å². The highest BCUT2D eigenvalue weighted by Crippen LogP contribution is 2.29. The molecule has 0 aliphatic heterocycles. The molecule has 0 aromatic carbocycles. The number of ketones is 1. The maximum absolute atomic E-state index is 11.9. The minimum atomic E-state index is -0.653. The molecule has 0 saturated heterocycles. The lowest BCUT2D eigenvalue weighted by atomic mass is 9.96. The van der Waals surface area contributed by atoms with Crippen LogP contribution in [0.3, 0.4) is 0 Å². The molecule has 0 amide bonds. The Balaban J connectivity index is 2.96. The van der Waals surface area contributed by atoms with Gasteiger partial charge < -0.3 is 15.9 Å². The molecular formula is C11H18N2O3. The van der Waals surface area contributed by atoms with Gasteiger partial charge in [0.25, 0.3) is 0 Å². The summed E-state index contributed by atoms with van der Waals surface area (Å²) in [5.74, 6) is -0.564. The van der Waals surface area contributed by atoms with Gasteiger partial charge in [-0.15, -0.1) is 0 Å². The van der Waals surface area contributed by atoms with Gasteiger partial charge in [-0.25, -0.2) is 0 Å². The second kappa shape index (κ2) is 4.57. The summed E-state index contributed by atoms with van der Waals surface area (Å²) >= 11 is 0. The average Bonchev–Trinajstić information content (AvgIpc) is 2.39. The fraction of sp³-hybridized carbons (Fsp3) is 0.545. The summed E-state index contributed by atoms with van der Waals surface area (Å²) in [5.41, 5.74) is 6.16. The topological polar surface area (TPSA) is 99.3 Å². The van der Waals surface area contributed by atoms with E-state index in [0.29, 0.717) is 17.9 Å². The minimum Gasteiger partial charge on any atom is -0.494 e. The second-order valence-electron chi connectivity index (χ2n) is 4.42. The highest BCUT2D eigenvalue weighted by molar-refractivity contribution is 6.03. The molecule has 0 aliphatic carbocycles. The van der Waals surface area contributed by atoms with Gasteiger partial charge >= 0.3 is 0 Å². The van der Waals surface area contributed by atoms with Crippen molar-refractivity contribution in [2.45, 2.75) is 33.2 Å². The Labute approximate surface area is 94.3 Å². The fourth-order valence-corrected chi connectivity index (χ4v) is 1.67. The van der Waals surface area contributed by atoms with Crippen LogP contribution in [0.4, 0.5) is 0 Å². The van der Waals surface area contributed by atoms with Crippen LogP contribution in [-0.4, -0.2) is 27.0 Å². The van der Waals surface area contributed by atoms with Gasteiger partial charge in [-0.05, 0) is 19.3 Å². The van der Waals surface area contributed by atoms with Gasteiger partial charge in [0.15, 0.2) is 11.7 Å². The molecule has 0 saturated carbocycles. The third kappa shape index (κ3) is 2.36. The molecule has 1 aromatic rings. The van der Waals surface area contributed by atoms with Crippen LogP contribution in [0.15, 0.2) is 0 Å². The van der Waals surface area contributed by atoms with E-state index in [-0.39, 0.29) is 23.1 Å². The number of aromatic amines is 1. The number of nitrogens with two attached hydrogens (primary N) is 1. The molecule has 5 N–H and O–H groups in total. The number of aromatic hydroxyl groups is 2. The van der Waals surface area contributed by atoms with Crippen LogP contribution >= 0.6 is 0 Å². The van der Waals surface area contributed by atoms with Crippen molar-refractivity contribution in [3.05, 3.63) is 11.1 Å². The Kier molecular flexibility index (Phi) is 3.59. The van der Waals surface area contributed by atoms with Crippen molar-refractivity contribution in [3.63, 3.8) is 0 Å². The molecule has 1 heterocycles. The number of H-pyrrole nitrogens is 1. The van der Waals surface area contributed by atoms with Crippen molar-refractivity contribution in [1.82, 2.24) is 4.98 Å². The number of aromatic nitrogens is 1. The largest absolute Gasteiger partial charge is 0.494 e. The minimum absolute atomic E-state index is 0.0886. The van der Waals surface area contributed by atoms with E-state index >= 15 is 0 Å². The quantitative estimate of drug-likeness (QED) is 0.581. The lowest BCUT2D eigenvalue weighted by molar-refractivity contribution is 0.0948. The normalized spacial score (nSPS) is 13.1. The molecule has 5 nitrogen and oxygen atoms in total. The lowest BCUT2D eigenvalue weighted by Crippen LogP contribution is -2.32. The van der Waals surface area contributed by atoms with Gasteiger partial charge in [-0.3, -0.25) is 9.78 Å². The smallest absolute Gasteiger partial charge is 0.202 e. The van der Waals surface area contributed by atoms with E-state index in [9.17, 15) is 15.0 Å². The molecule has 1 atom stereocenters. The standard InChI is InChI=1S/C11H18N2O3/c1-5(2)4-7(12)9(14)8-6(3)10(15)13-11(8)16/h5,7,13,15-16H,4,12H2,1-3H3/t7-/m0/s1. The molecule has 0 radical (unpaired) electrons. The van der Waals surface area contributed by atoms with Crippen LogP contribution in [0.2, 0.25) is 0 Å². The molecule has 90 valence electrons. The third-order valence-corrected chi connectivity index (χ3v) is 2.51. The van der Waals surface area contributed by atoms with Crippen molar-refractivity contribution in [3.8, 4) is 11.8 Å². The van der Waals surface area contributed by atoms with E-state index in [1.165, 1.54) is 0 Å². The molecule has 0 spiro atoms. The Bertz CT molecular complexity index is 396. The van der Waals surface area contributed by atoms with E-state index in [4.69, 9.17) is 5.73 Å². The first-order valence-corrected chi connectivity index (χ1v) is 5.24. The summed E-state index contributed by atoms with van der Waals surface area (Å²) in [6.45, 7) is 5.49. The highest BCUT2D eigenvalue weighted by Gasteiger charge is 2.25. The van der Waals surface area contributed by atoms with Crippen molar-refractivity contribution in [2.75, 3.05) is 0 Å². The Morgan fingerprint density at radius 1 is 1.38 bits per heavy atom.